The number of rotatable bonds is 5. The number of ether oxygens (including phenoxy) is 1. The zero-order valence-corrected chi connectivity index (χ0v) is 18.8. The molecular formula is C24H35N3O4. The molecule has 170 valence electrons. The molecule has 1 aromatic rings. The van der Waals surface area contributed by atoms with Crippen LogP contribution in [0.4, 0.5) is 10.5 Å². The van der Waals surface area contributed by atoms with Crippen LogP contribution in [0.3, 0.4) is 0 Å². The molecule has 7 heteroatoms. The van der Waals surface area contributed by atoms with Gasteiger partial charge in [-0.15, -0.1) is 0 Å². The molecular weight excluding hydrogens is 394 g/mol. The first-order valence-corrected chi connectivity index (χ1v) is 11.7. The molecule has 2 saturated heterocycles. The Bertz CT molecular complexity index is 808. The Morgan fingerprint density at radius 2 is 1.94 bits per heavy atom. The van der Waals surface area contributed by atoms with E-state index < -0.39 is 5.41 Å². The van der Waals surface area contributed by atoms with Gasteiger partial charge >= 0.3 is 6.09 Å². The highest BCUT2D eigenvalue weighted by atomic mass is 16.6. The third kappa shape index (κ3) is 4.17. The molecule has 3 heterocycles. The first kappa shape index (κ1) is 22.1. The van der Waals surface area contributed by atoms with Crippen LogP contribution < -0.4 is 4.90 Å². The summed E-state index contributed by atoms with van der Waals surface area (Å²) >= 11 is 0. The number of likely N-dealkylation sites (tertiary alicyclic amines) is 2. The number of hydrogen-bond acceptors (Lipinski definition) is 5. The second-order valence-corrected chi connectivity index (χ2v) is 9.37. The van der Waals surface area contributed by atoms with Crippen molar-refractivity contribution in [2.45, 2.75) is 51.0 Å². The predicted molar refractivity (Wildman–Crippen MR) is 119 cm³/mol. The highest BCUT2D eigenvalue weighted by Gasteiger charge is 2.49. The lowest BCUT2D eigenvalue weighted by molar-refractivity contribution is -0.124. The number of carbonyl (C=O) groups excluding carboxylic acids is 2. The fourth-order valence-corrected chi connectivity index (χ4v) is 5.44. The predicted octanol–water partition coefficient (Wildman–Crippen LogP) is 2.62. The molecule has 7 nitrogen and oxygen atoms in total. The van der Waals surface area contributed by atoms with Crippen molar-refractivity contribution in [1.82, 2.24) is 9.80 Å². The maximum atomic E-state index is 13.4. The average molecular weight is 430 g/mol. The lowest BCUT2D eigenvalue weighted by Gasteiger charge is -2.41. The Kier molecular flexibility index (Phi) is 6.53. The van der Waals surface area contributed by atoms with Gasteiger partial charge in [-0.25, -0.2) is 4.79 Å². The van der Waals surface area contributed by atoms with Gasteiger partial charge in [0, 0.05) is 37.9 Å². The molecule has 1 N–H and O–H groups in total. The van der Waals surface area contributed by atoms with Crippen molar-refractivity contribution in [3.8, 4) is 0 Å². The van der Waals surface area contributed by atoms with Crippen LogP contribution in [0.15, 0.2) is 24.3 Å². The molecule has 0 bridgehead atoms. The van der Waals surface area contributed by atoms with Crippen molar-refractivity contribution in [2.75, 3.05) is 50.8 Å². The Balaban J connectivity index is 1.39. The number of fused-ring (bicyclic) bond motifs is 1. The lowest BCUT2D eigenvalue weighted by atomic mass is 9.85. The fourth-order valence-electron chi connectivity index (χ4n) is 5.44. The number of para-hydroxylation sites is 1. The number of piperidine rings is 2. The summed E-state index contributed by atoms with van der Waals surface area (Å²) in [6.45, 7) is 8.37. The van der Waals surface area contributed by atoms with Crippen LogP contribution in [0.2, 0.25) is 0 Å². The van der Waals surface area contributed by atoms with E-state index in [1.165, 1.54) is 0 Å². The lowest BCUT2D eigenvalue weighted by Crippen LogP contribution is -2.53. The summed E-state index contributed by atoms with van der Waals surface area (Å²) in [5, 5.41) is 10.0. The first-order chi connectivity index (χ1) is 15.0. The van der Waals surface area contributed by atoms with Crippen LogP contribution in [0.1, 0.15) is 45.1 Å². The highest BCUT2D eigenvalue weighted by Crippen LogP contribution is 2.43. The molecule has 4 rings (SSSR count). The van der Waals surface area contributed by atoms with Crippen LogP contribution >= 0.6 is 0 Å². The molecule has 2 atom stereocenters. The van der Waals surface area contributed by atoms with Crippen molar-refractivity contribution in [2.24, 2.45) is 5.92 Å². The van der Waals surface area contributed by atoms with E-state index in [0.717, 1.165) is 69.7 Å². The van der Waals surface area contributed by atoms with Gasteiger partial charge in [-0.1, -0.05) is 18.2 Å². The van der Waals surface area contributed by atoms with Gasteiger partial charge in [0.05, 0.1) is 18.6 Å². The summed E-state index contributed by atoms with van der Waals surface area (Å²) in [6.07, 6.45) is 3.84. The van der Waals surface area contributed by atoms with Crippen LogP contribution in [0.25, 0.3) is 0 Å². The van der Waals surface area contributed by atoms with E-state index in [9.17, 15) is 14.7 Å². The molecule has 3 aliphatic rings. The molecule has 0 spiro atoms. The largest absolute Gasteiger partial charge is 0.450 e. The standard InChI is InChI=1S/C24H35N3O4/c1-3-31-23(30)26-13-10-18(11-14-26)15-25-12-6-7-19(16-25)27-21-9-5-4-8-20(21)24(2,17-28)22(27)29/h4-5,8-9,18-19,28H,3,6-7,10-17H2,1-2H3/t19-,24-/m0/s1. The molecule has 0 radical (unpaired) electrons. The molecule has 0 aromatic heterocycles. The maximum Gasteiger partial charge on any atom is 0.409 e. The molecule has 0 saturated carbocycles. The Morgan fingerprint density at radius 3 is 2.65 bits per heavy atom. The Morgan fingerprint density at radius 1 is 1.19 bits per heavy atom. The van der Waals surface area contributed by atoms with Crippen molar-refractivity contribution in [3.05, 3.63) is 29.8 Å². The van der Waals surface area contributed by atoms with Crippen LogP contribution in [0.5, 0.6) is 0 Å². The Hall–Kier alpha value is -2.12. The number of nitrogens with zero attached hydrogens (tertiary/aromatic N) is 3. The second kappa shape index (κ2) is 9.17. The van der Waals surface area contributed by atoms with E-state index in [1.54, 1.807) is 0 Å². The van der Waals surface area contributed by atoms with Gasteiger partial charge in [-0.3, -0.25) is 4.79 Å². The minimum Gasteiger partial charge on any atom is -0.450 e. The molecule has 2 amide bonds. The van der Waals surface area contributed by atoms with Crippen LogP contribution in [-0.2, 0) is 14.9 Å². The van der Waals surface area contributed by atoms with E-state index in [4.69, 9.17) is 4.74 Å². The maximum absolute atomic E-state index is 13.4. The number of hydrogen-bond donors (Lipinski definition) is 1. The smallest absolute Gasteiger partial charge is 0.409 e. The van der Waals surface area contributed by atoms with Gasteiger partial charge < -0.3 is 24.5 Å². The topological polar surface area (TPSA) is 73.3 Å². The van der Waals surface area contributed by atoms with Gasteiger partial charge in [0.1, 0.15) is 0 Å². The molecule has 3 aliphatic heterocycles. The summed E-state index contributed by atoms with van der Waals surface area (Å²) in [6, 6.07) is 8.04. The number of aliphatic hydroxyl groups is 1. The van der Waals surface area contributed by atoms with E-state index in [2.05, 4.69) is 4.90 Å². The normalized spacial score (nSPS) is 27.5. The number of aliphatic hydroxyl groups excluding tert-OH is 1. The van der Waals surface area contributed by atoms with Gasteiger partial charge in [-0.2, -0.15) is 0 Å². The fraction of sp³-hybridized carbons (Fsp3) is 0.667. The van der Waals surface area contributed by atoms with Gasteiger partial charge in [0.25, 0.3) is 0 Å². The van der Waals surface area contributed by atoms with E-state index in [1.807, 2.05) is 47.9 Å². The van der Waals surface area contributed by atoms with Crippen LogP contribution in [-0.4, -0.2) is 78.9 Å². The monoisotopic (exact) mass is 429 g/mol. The molecule has 2 fully saturated rings. The average Bonchev–Trinajstić information content (AvgIpc) is 3.02. The minimum atomic E-state index is -0.848. The third-order valence-electron chi connectivity index (χ3n) is 7.27. The minimum absolute atomic E-state index is 0.0193. The second-order valence-electron chi connectivity index (χ2n) is 9.37. The number of anilines is 1. The van der Waals surface area contributed by atoms with E-state index in [-0.39, 0.29) is 24.6 Å². The number of carbonyl (C=O) groups is 2. The summed E-state index contributed by atoms with van der Waals surface area (Å²) in [7, 11) is 0. The molecule has 31 heavy (non-hydrogen) atoms. The zero-order chi connectivity index (χ0) is 22.0. The first-order valence-electron chi connectivity index (χ1n) is 11.7. The van der Waals surface area contributed by atoms with E-state index >= 15 is 0 Å². The van der Waals surface area contributed by atoms with Crippen LogP contribution in [0, 0.1) is 5.92 Å². The van der Waals surface area contributed by atoms with Crippen molar-refractivity contribution in [3.63, 3.8) is 0 Å². The highest BCUT2D eigenvalue weighted by molar-refractivity contribution is 6.08. The van der Waals surface area contributed by atoms with Crippen molar-refractivity contribution >= 4 is 17.7 Å². The summed E-state index contributed by atoms with van der Waals surface area (Å²) in [4.78, 5) is 31.6. The SMILES string of the molecule is CCOC(=O)N1CCC(CN2CCC[C@H](N3C(=O)[C@@](C)(CO)c4ccccc43)C2)CC1. The summed E-state index contributed by atoms with van der Waals surface area (Å²) in [5.41, 5.74) is 1.04. The third-order valence-corrected chi connectivity index (χ3v) is 7.27. The van der Waals surface area contributed by atoms with Gasteiger partial charge in [0.2, 0.25) is 5.91 Å². The number of benzene rings is 1. The summed E-state index contributed by atoms with van der Waals surface area (Å²) < 4.78 is 5.12. The molecule has 0 aliphatic carbocycles. The van der Waals surface area contributed by atoms with Crippen molar-refractivity contribution < 1.29 is 19.4 Å². The van der Waals surface area contributed by atoms with E-state index in [0.29, 0.717) is 12.5 Å². The molecule has 0 unspecified atom stereocenters. The molecule has 1 aromatic carbocycles. The van der Waals surface area contributed by atoms with Gasteiger partial charge in [0.15, 0.2) is 0 Å². The quantitative estimate of drug-likeness (QED) is 0.779. The number of amides is 2. The Labute approximate surface area is 184 Å². The van der Waals surface area contributed by atoms with Crippen molar-refractivity contribution in [1.29, 1.82) is 0 Å². The summed E-state index contributed by atoms with van der Waals surface area (Å²) in [5.74, 6) is 0.583. The zero-order valence-electron chi connectivity index (χ0n) is 18.8. The van der Waals surface area contributed by atoms with Gasteiger partial charge in [-0.05, 0) is 63.6 Å².